The first kappa shape index (κ1) is 127. The summed E-state index contributed by atoms with van der Waals surface area (Å²) in [5.41, 5.74) is 9.85. The van der Waals surface area contributed by atoms with Gasteiger partial charge in [0.15, 0.2) is 16.1 Å². The number of aliphatic hydroxyl groups is 4. The third kappa shape index (κ3) is 46.6. The molecule has 0 aromatic heterocycles. The minimum absolute atomic E-state index is 0. The van der Waals surface area contributed by atoms with E-state index in [1.807, 2.05) is 74.5 Å². The Morgan fingerprint density at radius 2 is 0.709 bits per heavy atom. The van der Waals surface area contributed by atoms with Crippen LogP contribution in [0, 0.1) is 29.2 Å². The third-order valence-electron chi connectivity index (χ3n) is 21.3. The molecule has 43 heteroatoms. The first-order chi connectivity index (χ1) is 70.1. The first-order valence-corrected chi connectivity index (χ1v) is 56.4. The molecule has 0 spiro atoms. The largest absolute Gasteiger partial charge is 0.479 e. The zero-order chi connectivity index (χ0) is 109. The van der Waals surface area contributed by atoms with Crippen molar-refractivity contribution in [2.45, 2.75) is 206 Å². The summed E-state index contributed by atoms with van der Waals surface area (Å²) in [6.45, 7) is 25.3. The Labute approximate surface area is 896 Å². The Morgan fingerprint density at radius 1 is 0.419 bits per heavy atom. The molecular formula is C105H144Cl2F4N8O23S6. The van der Waals surface area contributed by atoms with E-state index in [1.54, 1.807) is 147 Å². The molecule has 0 radical (unpaired) electrons. The highest BCUT2D eigenvalue weighted by atomic mass is 35.7. The Bertz CT molecular complexity index is 5480. The number of nitrogens with two attached hydrogens (primary N) is 1. The highest BCUT2D eigenvalue weighted by Crippen LogP contribution is 2.36. The summed E-state index contributed by atoms with van der Waals surface area (Å²) in [6.07, 6.45) is 6.20. The number of rotatable bonds is 26. The van der Waals surface area contributed by atoms with Gasteiger partial charge >= 0.3 is 29.7 Å². The van der Waals surface area contributed by atoms with E-state index in [0.717, 1.165) is 54.2 Å². The summed E-state index contributed by atoms with van der Waals surface area (Å²) < 4.78 is 132. The molecule has 8 atom stereocenters. The van der Waals surface area contributed by atoms with E-state index in [0.29, 0.717) is 91.1 Å². The van der Waals surface area contributed by atoms with Gasteiger partial charge in [0.1, 0.15) is 45.4 Å². The number of hydrogen-bond donors (Lipinski definition) is 9. The highest BCUT2D eigenvalue weighted by Gasteiger charge is 2.44. The molecule has 6 aliphatic rings. The van der Waals surface area contributed by atoms with Gasteiger partial charge in [-0.15, -0.1) is 47.0 Å². The molecule has 0 saturated carbocycles. The summed E-state index contributed by atoms with van der Waals surface area (Å²) in [5, 5.41) is 50.9. The number of carboxylic acid groups (broad SMARTS) is 1. The van der Waals surface area contributed by atoms with Crippen LogP contribution >= 0.6 is 69.3 Å². The number of amides is 6. The van der Waals surface area contributed by atoms with Crippen LogP contribution in [0.4, 0.5) is 36.7 Å². The molecule has 10 N–H and O–H groups in total. The molecule has 0 bridgehead atoms. The summed E-state index contributed by atoms with van der Waals surface area (Å²) in [6, 6.07) is 54.0. The average Bonchev–Trinajstić information content (AvgIpc) is 1.70. The number of benzene rings is 8. The van der Waals surface area contributed by atoms with Crippen LogP contribution in [-0.4, -0.2) is 256 Å². The molecule has 8 aromatic carbocycles. The Balaban J connectivity index is 0.000000457. The van der Waals surface area contributed by atoms with Crippen LogP contribution in [0.15, 0.2) is 216 Å². The number of sulfonamides is 1. The molecule has 6 saturated heterocycles. The Morgan fingerprint density at radius 3 is 0.993 bits per heavy atom. The highest BCUT2D eigenvalue weighted by molar-refractivity contribution is 8.13. The number of nitrogens with one attached hydrogen (secondary N) is 3. The van der Waals surface area contributed by atoms with E-state index in [2.05, 4.69) is 20.7 Å². The van der Waals surface area contributed by atoms with Gasteiger partial charge in [0.25, 0.3) is 20.9 Å². The van der Waals surface area contributed by atoms with Crippen molar-refractivity contribution in [1.29, 1.82) is 0 Å². The molecule has 820 valence electrons. The molecular weight excluding hydrogens is 2080 g/mol. The SMILES string of the molecule is C1CCOC1.C1CCOCC1.CC(C)(C)OC(=O)N1CCS[C@H]1C(=O)N[C@@H](CCO)c1ccc(F)cc1.CC(C)(C)OC(=O)N1CCS[C@H]1C(=O)N[C@@H](CCO)c1ccc(F)cc1.CC(C)(C)OC(=O)N1CCS[C@H]1C(=O)O.CC(C)COC(=O)Cl.N[C@@H](CCO)c1ccc(F)cc1.O=C(N[C@@H](CCO)c1ccc(F)cc1)[C@@H]1SCCN1S(=O)(=O)c1ccc(-c2ccccc2)cc1.O=S(=O)(Cl)c1ccc(-c2ccccc2)cc1.[HH].[HH].[HH]. The minimum atomic E-state index is -3.90. The molecule has 8 aromatic rings. The van der Waals surface area contributed by atoms with Crippen molar-refractivity contribution in [2.75, 3.05) is 109 Å². The van der Waals surface area contributed by atoms with Crippen LogP contribution in [0.2, 0.25) is 0 Å². The zero-order valence-electron chi connectivity index (χ0n) is 84.9. The van der Waals surface area contributed by atoms with Crippen molar-refractivity contribution in [3.8, 4) is 22.3 Å². The lowest BCUT2D eigenvalue weighted by Crippen LogP contribution is -2.47. The molecule has 0 unspecified atom stereocenters. The van der Waals surface area contributed by atoms with Gasteiger partial charge in [-0.3, -0.25) is 29.1 Å². The van der Waals surface area contributed by atoms with Gasteiger partial charge in [0.05, 0.1) is 34.5 Å². The number of thioether (sulfide) groups is 4. The smallest absolute Gasteiger partial charge is 0.411 e. The summed E-state index contributed by atoms with van der Waals surface area (Å²) in [5.74, 6) is -0.781. The van der Waals surface area contributed by atoms with Crippen molar-refractivity contribution in [3.05, 3.63) is 252 Å². The Kier molecular flexibility index (Phi) is 55.5. The van der Waals surface area contributed by atoms with Gasteiger partial charge in [-0.2, -0.15) is 4.31 Å². The molecule has 148 heavy (non-hydrogen) atoms. The third-order valence-corrected chi connectivity index (χ3v) is 29.6. The average molecular weight is 2230 g/mol. The van der Waals surface area contributed by atoms with Crippen LogP contribution in [0.5, 0.6) is 0 Å². The predicted octanol–water partition coefficient (Wildman–Crippen LogP) is 19.8. The number of nitrogens with zero attached hydrogens (tertiary/aromatic N) is 4. The Hall–Kier alpha value is -9.80. The fourth-order valence-corrected chi connectivity index (χ4v) is 21.3. The van der Waals surface area contributed by atoms with Gasteiger partial charge in [-0.05, 0) is 243 Å². The van der Waals surface area contributed by atoms with Gasteiger partial charge in [-0.1, -0.05) is 147 Å². The molecule has 6 heterocycles. The van der Waals surface area contributed by atoms with Crippen LogP contribution in [0.1, 0.15) is 185 Å². The summed E-state index contributed by atoms with van der Waals surface area (Å²) in [4.78, 5) is 99.8. The van der Waals surface area contributed by atoms with E-state index in [4.69, 9.17) is 61.9 Å². The molecule has 31 nitrogen and oxygen atoms in total. The molecule has 6 aliphatic heterocycles. The monoisotopic (exact) mass is 2220 g/mol. The van der Waals surface area contributed by atoms with Crippen molar-refractivity contribution >= 4 is 136 Å². The fourth-order valence-electron chi connectivity index (χ4n) is 14.1. The quantitative estimate of drug-likeness (QED) is 0.0138. The van der Waals surface area contributed by atoms with Crippen LogP contribution in [0.25, 0.3) is 22.3 Å². The van der Waals surface area contributed by atoms with Crippen LogP contribution < -0.4 is 21.7 Å². The minimum Gasteiger partial charge on any atom is -0.479 e. The zero-order valence-corrected chi connectivity index (χ0v) is 91.3. The normalized spacial score (nSPS) is 17.2. The second kappa shape index (κ2) is 64.8. The first-order valence-electron chi connectivity index (χ1n) is 48.1. The van der Waals surface area contributed by atoms with Gasteiger partial charge in [0, 0.05) is 135 Å². The summed E-state index contributed by atoms with van der Waals surface area (Å²) in [7, 11) is -2.30. The van der Waals surface area contributed by atoms with E-state index in [9.17, 15) is 88.1 Å². The number of carbonyl (C=O) groups excluding carboxylic acids is 7. The van der Waals surface area contributed by atoms with Crippen molar-refractivity contribution < 1.29 is 131 Å². The molecule has 6 amide bonds. The van der Waals surface area contributed by atoms with Crippen molar-refractivity contribution in [2.24, 2.45) is 11.7 Å². The topological polar surface area (TPSA) is 436 Å². The fraction of sp³-hybridized carbons (Fsp3) is 0.467. The second-order valence-corrected chi connectivity index (χ2v) is 46.6. The standard InChI is InChI=1S/C25H25FN2O4S2.2C18H25FN2O4S.C12H9ClO2S.C9H12FNO.C9H15NO4S.C5H9ClO2.C5H10O.C4H8O.3H2/c26-21-10-6-20(7-11-21)23(14-16-29)27-24(30)25-28(15-17-33-25)34(31,32)22-12-8-19(9-13-22)18-4-2-1-3-5-18;2*1-18(2,3)25-17(24)21-9-11-26-16(21)15(23)20-14(8-10-22)12-4-6-13(19)7-5-12;13-16(14,15)12-8-6-11(7-9-12)10-4-2-1-3-5-10;10-8-3-1-7(2-4-8)9(11)5-6-12;1-9(2,3)14-8(13)10-4-5-15-6(10)7(11)12;1-4(2)3-8-5(6)7;1-2-4-6-5-3-1;1-2-4-5-3-1;;;/h1-13,23,25,29H,14-17H2,(H,27,30);2*4-7,14,16,22H,8-11H2,1-3H3,(H,20,23);1-9H;1-4,9,12H,5-6,11H2;6H,4-5H2,1-3H3,(H,11,12);4H,3H2,1-2H3;1-5H2;1-4H2;3*1H/t23-,25-;2*14-,16-;;9-;6-;;;;;;/m000.00....../s1. The number of hydrogen-bond acceptors (Lipinski definition) is 27. The number of aliphatic carboxylic acids is 1. The maximum Gasteiger partial charge on any atom is 0.411 e. The van der Waals surface area contributed by atoms with Crippen molar-refractivity contribution in [1.82, 2.24) is 35.0 Å². The lowest BCUT2D eigenvalue weighted by molar-refractivity contribution is -0.139. The van der Waals surface area contributed by atoms with Gasteiger partial charge in [0.2, 0.25) is 15.9 Å². The van der Waals surface area contributed by atoms with Crippen molar-refractivity contribution in [3.63, 3.8) is 0 Å². The maximum absolute atomic E-state index is 13.4. The van der Waals surface area contributed by atoms with Crippen LogP contribution in [-0.2, 0) is 66.7 Å². The molecule has 0 aliphatic carbocycles. The number of halogens is 6. The molecule has 6 fully saturated rings. The summed E-state index contributed by atoms with van der Waals surface area (Å²) >= 11 is 10.1. The maximum atomic E-state index is 13.4. The second-order valence-electron chi connectivity index (χ2n) is 37.1. The van der Waals surface area contributed by atoms with Gasteiger partial charge in [-0.25, -0.2) is 58.4 Å². The number of carboxylic acids is 1. The number of aliphatic hydroxyl groups excluding tert-OH is 4. The lowest BCUT2D eigenvalue weighted by Gasteiger charge is -2.28. The van der Waals surface area contributed by atoms with E-state index < -0.39 is 117 Å². The lowest BCUT2D eigenvalue weighted by atomic mass is 10.0. The van der Waals surface area contributed by atoms with Gasteiger partial charge < -0.3 is 75.6 Å². The van der Waals surface area contributed by atoms with E-state index in [-0.39, 0.29) is 88.8 Å². The van der Waals surface area contributed by atoms with E-state index >= 15 is 0 Å². The molecule has 14 rings (SSSR count). The van der Waals surface area contributed by atoms with E-state index in [1.165, 1.54) is 159 Å². The predicted molar refractivity (Wildman–Crippen MR) is 577 cm³/mol. The van der Waals surface area contributed by atoms with Crippen LogP contribution in [0.3, 0.4) is 0 Å². The number of ether oxygens (including phenoxy) is 6. The number of carbonyl (C=O) groups is 8.